The van der Waals surface area contributed by atoms with Gasteiger partial charge in [0.2, 0.25) is 0 Å². The van der Waals surface area contributed by atoms with Crippen LogP contribution in [-0.2, 0) is 12.8 Å². The number of allylic oxidation sites excluding steroid dienone is 4. The summed E-state index contributed by atoms with van der Waals surface area (Å²) in [5.74, 6) is 1.86. The third kappa shape index (κ3) is 7.90. The van der Waals surface area contributed by atoms with Crippen molar-refractivity contribution in [1.29, 1.82) is 0 Å². The van der Waals surface area contributed by atoms with Gasteiger partial charge in [0.1, 0.15) is 0 Å². The Labute approximate surface area is 230 Å². The van der Waals surface area contributed by atoms with Gasteiger partial charge in [-0.25, -0.2) is 8.78 Å². The molecule has 2 unspecified atom stereocenters. The van der Waals surface area contributed by atoms with E-state index < -0.39 is 11.6 Å². The summed E-state index contributed by atoms with van der Waals surface area (Å²) < 4.78 is 29.0. The minimum atomic E-state index is -0.732. The standard InChI is InChI=1S/C36H48F2/c1-3-5-6-10-27-13-19-30(20-14-27)31-21-15-28(16-22-31)11-7-8-12-29-17-23-32(24-18-29)34-26-25-33(9-4-2)35(37)36(34)38/h7,11,15,17-18,21,23-28,30-31H,3-6,8-10,12-14,16,19-20,22H2,1-2H3/b11-7+. The summed E-state index contributed by atoms with van der Waals surface area (Å²) in [6, 6.07) is 11.4. The average molecular weight is 519 g/mol. The molecular weight excluding hydrogens is 470 g/mol. The van der Waals surface area contributed by atoms with Crippen LogP contribution >= 0.6 is 0 Å². The number of unbranched alkanes of at least 4 members (excludes halogenated alkanes) is 2. The largest absolute Gasteiger partial charge is 0.203 e. The predicted octanol–water partition coefficient (Wildman–Crippen LogP) is 11.0. The molecule has 2 heteroatoms. The van der Waals surface area contributed by atoms with Gasteiger partial charge < -0.3 is 0 Å². The Morgan fingerprint density at radius 2 is 1.55 bits per heavy atom. The van der Waals surface area contributed by atoms with Gasteiger partial charge in [-0.3, -0.25) is 0 Å². The van der Waals surface area contributed by atoms with Crippen LogP contribution in [-0.4, -0.2) is 0 Å². The van der Waals surface area contributed by atoms with Crippen LogP contribution < -0.4 is 0 Å². The SMILES string of the molecule is CCCCCC1CCC(C2C=CC(/C=C/CCc3ccc(-c4ccc(CCC)c(F)c4F)cc3)CC2)CC1. The zero-order chi connectivity index (χ0) is 26.7. The lowest BCUT2D eigenvalue weighted by molar-refractivity contribution is 0.206. The second-order valence-corrected chi connectivity index (χ2v) is 11.9. The van der Waals surface area contributed by atoms with E-state index in [-0.39, 0.29) is 0 Å². The number of aryl methyl sites for hydroxylation is 2. The highest BCUT2D eigenvalue weighted by Crippen LogP contribution is 2.40. The molecule has 0 nitrogen and oxygen atoms in total. The summed E-state index contributed by atoms with van der Waals surface area (Å²) in [7, 11) is 0. The first-order chi connectivity index (χ1) is 18.6. The molecule has 2 atom stereocenters. The molecule has 206 valence electrons. The van der Waals surface area contributed by atoms with Gasteiger partial charge in [-0.15, -0.1) is 0 Å². The Kier molecular flexibility index (Phi) is 11.2. The third-order valence-electron chi connectivity index (χ3n) is 9.08. The Bertz CT molecular complexity index is 1040. The Morgan fingerprint density at radius 1 is 0.763 bits per heavy atom. The number of benzene rings is 2. The number of hydrogen-bond acceptors (Lipinski definition) is 0. The predicted molar refractivity (Wildman–Crippen MR) is 158 cm³/mol. The van der Waals surface area contributed by atoms with Crippen molar-refractivity contribution >= 4 is 0 Å². The molecule has 2 aromatic rings. The van der Waals surface area contributed by atoms with Crippen molar-refractivity contribution in [2.45, 2.75) is 104 Å². The minimum absolute atomic E-state index is 0.344. The molecule has 0 radical (unpaired) electrons. The molecule has 0 amide bonds. The van der Waals surface area contributed by atoms with E-state index >= 15 is 0 Å². The van der Waals surface area contributed by atoms with Gasteiger partial charge >= 0.3 is 0 Å². The van der Waals surface area contributed by atoms with E-state index in [4.69, 9.17) is 0 Å². The summed E-state index contributed by atoms with van der Waals surface area (Å²) in [4.78, 5) is 0. The third-order valence-corrected chi connectivity index (χ3v) is 9.08. The maximum atomic E-state index is 14.6. The fourth-order valence-corrected chi connectivity index (χ4v) is 6.65. The van der Waals surface area contributed by atoms with Gasteiger partial charge in [-0.1, -0.05) is 119 Å². The monoisotopic (exact) mass is 518 g/mol. The Morgan fingerprint density at radius 3 is 2.24 bits per heavy atom. The summed E-state index contributed by atoms with van der Waals surface area (Å²) in [6.07, 6.45) is 27.1. The zero-order valence-electron chi connectivity index (χ0n) is 23.7. The highest BCUT2D eigenvalue weighted by atomic mass is 19.2. The van der Waals surface area contributed by atoms with Crippen molar-refractivity contribution in [3.05, 3.63) is 83.5 Å². The molecule has 2 aliphatic carbocycles. The molecule has 0 saturated heterocycles. The molecule has 0 bridgehead atoms. The van der Waals surface area contributed by atoms with Gasteiger partial charge in [0.15, 0.2) is 11.6 Å². The number of hydrogen-bond donors (Lipinski definition) is 0. The molecule has 0 heterocycles. The fraction of sp³-hybridized carbons (Fsp3) is 0.556. The van der Waals surface area contributed by atoms with E-state index in [0.717, 1.165) is 42.6 Å². The molecule has 0 aliphatic heterocycles. The van der Waals surface area contributed by atoms with E-state index in [9.17, 15) is 8.78 Å². The summed E-state index contributed by atoms with van der Waals surface area (Å²) in [5, 5.41) is 0. The van der Waals surface area contributed by atoms with Gasteiger partial charge in [0, 0.05) is 5.56 Å². The normalized spacial score (nSPS) is 23.8. The van der Waals surface area contributed by atoms with Crippen LogP contribution in [0.2, 0.25) is 0 Å². The number of halogens is 2. The van der Waals surface area contributed by atoms with E-state index in [2.05, 4.69) is 31.2 Å². The van der Waals surface area contributed by atoms with E-state index in [1.165, 1.54) is 69.8 Å². The van der Waals surface area contributed by atoms with Crippen LogP contribution in [0.15, 0.2) is 60.7 Å². The number of rotatable bonds is 12. The van der Waals surface area contributed by atoms with Crippen LogP contribution in [0, 0.1) is 35.3 Å². The van der Waals surface area contributed by atoms with Gasteiger partial charge in [0.05, 0.1) is 0 Å². The van der Waals surface area contributed by atoms with Crippen molar-refractivity contribution in [3.8, 4) is 11.1 Å². The average Bonchev–Trinajstić information content (AvgIpc) is 2.95. The van der Waals surface area contributed by atoms with E-state index in [1.54, 1.807) is 12.1 Å². The molecule has 2 aliphatic rings. The molecule has 1 fully saturated rings. The molecular formula is C36H48F2. The van der Waals surface area contributed by atoms with Crippen LogP contribution in [0.3, 0.4) is 0 Å². The quantitative estimate of drug-likeness (QED) is 0.194. The second kappa shape index (κ2) is 14.8. The first-order valence-corrected chi connectivity index (χ1v) is 15.5. The topological polar surface area (TPSA) is 0 Å². The molecule has 2 aromatic carbocycles. The van der Waals surface area contributed by atoms with Crippen LogP contribution in [0.1, 0.15) is 102 Å². The van der Waals surface area contributed by atoms with Gasteiger partial charge in [-0.2, -0.15) is 0 Å². The highest BCUT2D eigenvalue weighted by Gasteiger charge is 2.27. The highest BCUT2D eigenvalue weighted by molar-refractivity contribution is 5.65. The summed E-state index contributed by atoms with van der Waals surface area (Å²) >= 11 is 0. The van der Waals surface area contributed by atoms with Gasteiger partial charge in [0.25, 0.3) is 0 Å². The Balaban J connectivity index is 1.20. The lowest BCUT2D eigenvalue weighted by Gasteiger charge is -2.34. The second-order valence-electron chi connectivity index (χ2n) is 11.9. The van der Waals surface area contributed by atoms with Crippen LogP contribution in [0.5, 0.6) is 0 Å². The smallest absolute Gasteiger partial charge is 0.166 e. The maximum absolute atomic E-state index is 14.6. The summed E-state index contributed by atoms with van der Waals surface area (Å²) in [5.41, 5.74) is 2.76. The maximum Gasteiger partial charge on any atom is 0.166 e. The minimum Gasteiger partial charge on any atom is -0.203 e. The molecule has 0 aromatic heterocycles. The molecule has 0 N–H and O–H groups in total. The van der Waals surface area contributed by atoms with Crippen molar-refractivity contribution in [2.75, 3.05) is 0 Å². The van der Waals surface area contributed by atoms with Crippen molar-refractivity contribution in [3.63, 3.8) is 0 Å². The molecule has 0 spiro atoms. The van der Waals surface area contributed by atoms with Crippen LogP contribution in [0.25, 0.3) is 11.1 Å². The van der Waals surface area contributed by atoms with Crippen molar-refractivity contribution in [1.82, 2.24) is 0 Å². The van der Waals surface area contributed by atoms with Crippen molar-refractivity contribution in [2.24, 2.45) is 23.7 Å². The van der Waals surface area contributed by atoms with Crippen LogP contribution in [0.4, 0.5) is 8.78 Å². The van der Waals surface area contributed by atoms with E-state index in [0.29, 0.717) is 23.5 Å². The Hall–Kier alpha value is -2.22. The molecule has 1 saturated carbocycles. The first-order valence-electron chi connectivity index (χ1n) is 15.5. The zero-order valence-corrected chi connectivity index (χ0v) is 23.7. The summed E-state index contributed by atoms with van der Waals surface area (Å²) in [6.45, 7) is 4.28. The lowest BCUT2D eigenvalue weighted by Crippen LogP contribution is -2.23. The molecule has 4 rings (SSSR count). The van der Waals surface area contributed by atoms with Gasteiger partial charge in [-0.05, 0) is 85.3 Å². The van der Waals surface area contributed by atoms with E-state index in [1.807, 2.05) is 31.2 Å². The first kappa shape index (κ1) is 28.8. The van der Waals surface area contributed by atoms with Crippen molar-refractivity contribution < 1.29 is 8.78 Å². The molecule has 38 heavy (non-hydrogen) atoms. The fourth-order valence-electron chi connectivity index (χ4n) is 6.65. The lowest BCUT2D eigenvalue weighted by atomic mass is 9.71.